The smallest absolute Gasteiger partial charge is 0.0741 e. The van der Waals surface area contributed by atoms with E-state index in [4.69, 9.17) is 5.73 Å². The molecular formula is C14H30N2O. The Labute approximate surface area is 106 Å². The minimum Gasteiger partial charge on any atom is -0.389 e. The fourth-order valence-electron chi connectivity index (χ4n) is 2.81. The number of hydrogen-bond acceptors (Lipinski definition) is 3. The van der Waals surface area contributed by atoms with Gasteiger partial charge in [0.2, 0.25) is 0 Å². The van der Waals surface area contributed by atoms with E-state index in [0.29, 0.717) is 6.54 Å². The van der Waals surface area contributed by atoms with Crippen LogP contribution in [0, 0.1) is 0 Å². The molecule has 3 nitrogen and oxygen atoms in total. The molecule has 1 saturated carbocycles. The number of rotatable bonds is 7. The zero-order valence-electron chi connectivity index (χ0n) is 11.6. The van der Waals surface area contributed by atoms with E-state index in [2.05, 4.69) is 11.8 Å². The first-order chi connectivity index (χ1) is 8.09. The molecule has 3 N–H and O–H groups in total. The van der Waals surface area contributed by atoms with Gasteiger partial charge in [0.05, 0.1) is 5.60 Å². The molecule has 0 aromatic rings. The Kier molecular flexibility index (Phi) is 6.45. The van der Waals surface area contributed by atoms with Crippen molar-refractivity contribution in [2.24, 2.45) is 5.73 Å². The highest BCUT2D eigenvalue weighted by atomic mass is 16.3. The molecular weight excluding hydrogens is 212 g/mol. The average molecular weight is 242 g/mol. The Bertz CT molecular complexity index is 200. The van der Waals surface area contributed by atoms with Crippen molar-refractivity contribution in [3.8, 4) is 0 Å². The van der Waals surface area contributed by atoms with Crippen LogP contribution in [0.1, 0.15) is 58.8 Å². The van der Waals surface area contributed by atoms with Gasteiger partial charge in [-0.15, -0.1) is 0 Å². The zero-order valence-corrected chi connectivity index (χ0v) is 11.6. The summed E-state index contributed by atoms with van der Waals surface area (Å²) in [6.07, 6.45) is 8.78. The first-order valence-corrected chi connectivity index (χ1v) is 7.25. The summed E-state index contributed by atoms with van der Waals surface area (Å²) >= 11 is 0. The lowest BCUT2D eigenvalue weighted by Gasteiger charge is -2.34. The Hall–Kier alpha value is -0.120. The fourth-order valence-corrected chi connectivity index (χ4v) is 2.81. The van der Waals surface area contributed by atoms with Gasteiger partial charge in [-0.05, 0) is 45.7 Å². The van der Waals surface area contributed by atoms with Gasteiger partial charge in [-0.2, -0.15) is 0 Å². The predicted molar refractivity (Wildman–Crippen MR) is 73.0 cm³/mol. The van der Waals surface area contributed by atoms with E-state index >= 15 is 0 Å². The highest BCUT2D eigenvalue weighted by Crippen LogP contribution is 2.23. The van der Waals surface area contributed by atoms with Crippen LogP contribution in [0.25, 0.3) is 0 Å². The monoisotopic (exact) mass is 242 g/mol. The molecule has 17 heavy (non-hydrogen) atoms. The van der Waals surface area contributed by atoms with Crippen LogP contribution in [-0.2, 0) is 0 Å². The van der Waals surface area contributed by atoms with E-state index in [1.54, 1.807) is 0 Å². The summed E-state index contributed by atoms with van der Waals surface area (Å²) in [6, 6.07) is 0.788. The molecule has 0 aliphatic heterocycles. The summed E-state index contributed by atoms with van der Waals surface area (Å²) in [4.78, 5) is 2.59. The maximum atomic E-state index is 9.88. The van der Waals surface area contributed by atoms with Gasteiger partial charge < -0.3 is 15.7 Å². The first kappa shape index (κ1) is 14.9. The molecule has 1 unspecified atom stereocenters. The van der Waals surface area contributed by atoms with Crippen molar-refractivity contribution in [3.63, 3.8) is 0 Å². The van der Waals surface area contributed by atoms with E-state index in [1.165, 1.54) is 32.1 Å². The van der Waals surface area contributed by atoms with Crippen molar-refractivity contribution >= 4 is 0 Å². The molecule has 3 heteroatoms. The molecule has 0 aromatic carbocycles. The SMILES string of the molecule is CCN(CCCC(C)(O)CN)C1CCCCC1. The van der Waals surface area contributed by atoms with E-state index < -0.39 is 5.60 Å². The maximum Gasteiger partial charge on any atom is 0.0741 e. The van der Waals surface area contributed by atoms with Crippen LogP contribution in [0.2, 0.25) is 0 Å². The van der Waals surface area contributed by atoms with Gasteiger partial charge in [-0.1, -0.05) is 26.2 Å². The molecule has 1 aliphatic carbocycles. The van der Waals surface area contributed by atoms with Crippen LogP contribution >= 0.6 is 0 Å². The maximum absolute atomic E-state index is 9.88. The van der Waals surface area contributed by atoms with Crippen molar-refractivity contribution in [1.29, 1.82) is 0 Å². The Morgan fingerprint density at radius 3 is 2.47 bits per heavy atom. The standard InChI is InChI=1S/C14H30N2O/c1-3-16(13-8-5-4-6-9-13)11-7-10-14(2,17)12-15/h13,17H,3-12,15H2,1-2H3. The van der Waals surface area contributed by atoms with E-state index in [0.717, 1.165) is 32.0 Å². The minimum atomic E-state index is -0.675. The second-order valence-corrected chi connectivity index (χ2v) is 5.73. The molecule has 0 amide bonds. The van der Waals surface area contributed by atoms with Gasteiger partial charge in [-0.25, -0.2) is 0 Å². The van der Waals surface area contributed by atoms with Crippen molar-refractivity contribution < 1.29 is 5.11 Å². The van der Waals surface area contributed by atoms with Gasteiger partial charge >= 0.3 is 0 Å². The summed E-state index contributed by atoms with van der Waals surface area (Å²) in [5.41, 5.74) is 4.86. The predicted octanol–water partition coefficient (Wildman–Crippen LogP) is 2.13. The summed E-state index contributed by atoms with van der Waals surface area (Å²) < 4.78 is 0. The van der Waals surface area contributed by atoms with Gasteiger partial charge in [-0.3, -0.25) is 0 Å². The van der Waals surface area contributed by atoms with Gasteiger partial charge in [0.1, 0.15) is 0 Å². The quantitative estimate of drug-likeness (QED) is 0.719. The third-order valence-corrected chi connectivity index (χ3v) is 4.10. The van der Waals surface area contributed by atoms with Gasteiger partial charge in [0, 0.05) is 12.6 Å². The molecule has 1 atom stereocenters. The molecule has 0 radical (unpaired) electrons. The molecule has 0 bridgehead atoms. The normalized spacial score (nSPS) is 21.7. The average Bonchev–Trinajstić information content (AvgIpc) is 2.36. The second-order valence-electron chi connectivity index (χ2n) is 5.73. The van der Waals surface area contributed by atoms with Crippen molar-refractivity contribution in [2.75, 3.05) is 19.6 Å². The van der Waals surface area contributed by atoms with Crippen LogP contribution < -0.4 is 5.73 Å². The van der Waals surface area contributed by atoms with E-state index in [-0.39, 0.29) is 0 Å². The molecule has 0 aromatic heterocycles. The topological polar surface area (TPSA) is 49.5 Å². The number of nitrogens with two attached hydrogens (primary N) is 1. The van der Waals surface area contributed by atoms with Crippen molar-refractivity contribution in [1.82, 2.24) is 4.90 Å². The summed E-state index contributed by atoms with van der Waals surface area (Å²) in [5.74, 6) is 0. The summed E-state index contributed by atoms with van der Waals surface area (Å²) in [7, 11) is 0. The van der Waals surface area contributed by atoms with Crippen LogP contribution in [0.5, 0.6) is 0 Å². The van der Waals surface area contributed by atoms with Crippen molar-refractivity contribution in [3.05, 3.63) is 0 Å². The highest BCUT2D eigenvalue weighted by Gasteiger charge is 2.21. The molecule has 0 spiro atoms. The third-order valence-electron chi connectivity index (χ3n) is 4.10. The Morgan fingerprint density at radius 1 is 1.29 bits per heavy atom. The summed E-state index contributed by atoms with van der Waals surface area (Å²) in [5, 5.41) is 9.88. The van der Waals surface area contributed by atoms with Crippen LogP contribution in [0.15, 0.2) is 0 Å². The van der Waals surface area contributed by atoms with Crippen LogP contribution in [-0.4, -0.2) is 41.3 Å². The van der Waals surface area contributed by atoms with E-state index in [9.17, 15) is 5.11 Å². The molecule has 1 aliphatic rings. The lowest BCUT2D eigenvalue weighted by atomic mass is 9.93. The lowest BCUT2D eigenvalue weighted by molar-refractivity contribution is 0.0513. The first-order valence-electron chi connectivity index (χ1n) is 7.25. The fraction of sp³-hybridized carbons (Fsp3) is 1.00. The molecule has 1 rings (SSSR count). The molecule has 0 saturated heterocycles. The molecule has 0 heterocycles. The van der Waals surface area contributed by atoms with Gasteiger partial charge in [0.15, 0.2) is 0 Å². The van der Waals surface area contributed by atoms with E-state index in [1.807, 2.05) is 6.92 Å². The van der Waals surface area contributed by atoms with Crippen LogP contribution in [0.3, 0.4) is 0 Å². The van der Waals surface area contributed by atoms with Crippen molar-refractivity contribution in [2.45, 2.75) is 70.4 Å². The highest BCUT2D eigenvalue weighted by molar-refractivity contribution is 4.77. The third kappa shape index (κ3) is 5.36. The molecule has 102 valence electrons. The van der Waals surface area contributed by atoms with Crippen LogP contribution in [0.4, 0.5) is 0 Å². The number of aliphatic hydroxyl groups is 1. The zero-order chi connectivity index (χ0) is 12.7. The summed E-state index contributed by atoms with van der Waals surface area (Å²) in [6.45, 7) is 6.69. The van der Waals surface area contributed by atoms with Gasteiger partial charge in [0.25, 0.3) is 0 Å². The minimum absolute atomic E-state index is 0.364. The number of hydrogen-bond donors (Lipinski definition) is 2. The Morgan fingerprint density at radius 2 is 1.94 bits per heavy atom. The molecule has 1 fully saturated rings. The largest absolute Gasteiger partial charge is 0.389 e. The lowest BCUT2D eigenvalue weighted by Crippen LogP contribution is -2.39. The Balaban J connectivity index is 2.26. The number of nitrogens with zero attached hydrogens (tertiary/aromatic N) is 1. The second kappa shape index (κ2) is 7.34.